The predicted octanol–water partition coefficient (Wildman–Crippen LogP) is 2.37. The van der Waals surface area contributed by atoms with Gasteiger partial charge in [0.25, 0.3) is 0 Å². The molecule has 6 heteroatoms. The lowest BCUT2D eigenvalue weighted by molar-refractivity contribution is 0.198. The lowest BCUT2D eigenvalue weighted by Gasteiger charge is -2.38. The summed E-state index contributed by atoms with van der Waals surface area (Å²) in [5.41, 5.74) is 1.97. The Balaban J connectivity index is 1.77. The number of hydrogen-bond donors (Lipinski definition) is 2. The van der Waals surface area contributed by atoms with Gasteiger partial charge in [0.1, 0.15) is 0 Å². The average molecular weight is 359 g/mol. The highest BCUT2D eigenvalue weighted by molar-refractivity contribution is 6.31. The van der Waals surface area contributed by atoms with Crippen LogP contribution in [0.25, 0.3) is 0 Å². The highest BCUT2D eigenvalue weighted by Crippen LogP contribution is 2.42. The van der Waals surface area contributed by atoms with Crippen molar-refractivity contribution in [1.82, 2.24) is 15.3 Å². The third-order valence-electron chi connectivity index (χ3n) is 5.43. The Morgan fingerprint density at radius 1 is 1.20 bits per heavy atom. The first-order chi connectivity index (χ1) is 12.2. The molecule has 1 unspecified atom stereocenters. The highest BCUT2D eigenvalue weighted by atomic mass is 35.5. The molecular weight excluding hydrogens is 336 g/mol. The number of aliphatic hydroxyl groups is 1. The summed E-state index contributed by atoms with van der Waals surface area (Å²) in [6, 6.07) is 10.1. The van der Waals surface area contributed by atoms with Crippen molar-refractivity contribution in [3.05, 3.63) is 52.8 Å². The number of aromatic nitrogens is 2. The maximum Gasteiger partial charge on any atom is 0.225 e. The third-order valence-corrected chi connectivity index (χ3v) is 5.76. The van der Waals surface area contributed by atoms with Crippen molar-refractivity contribution < 1.29 is 5.11 Å². The topological polar surface area (TPSA) is 61.3 Å². The van der Waals surface area contributed by atoms with E-state index < -0.39 is 0 Å². The molecule has 2 aliphatic heterocycles. The van der Waals surface area contributed by atoms with E-state index in [1.165, 1.54) is 0 Å². The number of nitrogens with zero attached hydrogens (tertiary/aromatic N) is 3. The van der Waals surface area contributed by atoms with Gasteiger partial charge in [0.05, 0.1) is 11.8 Å². The van der Waals surface area contributed by atoms with Crippen molar-refractivity contribution in [3.63, 3.8) is 0 Å². The standard InChI is InChI=1S/C19H23ClN4O/c20-16-4-2-1-3-15(16)19(7-10-21-11-8-19)17-5-9-22-18(23-17)24-12-6-14(25)13-24/h1-5,9,14,21,25H,6-8,10-13H2. The molecule has 1 aromatic heterocycles. The zero-order valence-electron chi connectivity index (χ0n) is 14.2. The summed E-state index contributed by atoms with van der Waals surface area (Å²) in [6.45, 7) is 3.27. The number of halogens is 1. The van der Waals surface area contributed by atoms with Crippen LogP contribution in [0.4, 0.5) is 5.95 Å². The highest BCUT2D eigenvalue weighted by Gasteiger charge is 2.39. The van der Waals surface area contributed by atoms with Gasteiger partial charge in [-0.05, 0) is 50.0 Å². The Hall–Kier alpha value is -1.69. The molecule has 0 saturated carbocycles. The molecule has 2 fully saturated rings. The number of rotatable bonds is 3. The van der Waals surface area contributed by atoms with E-state index in [0.29, 0.717) is 12.5 Å². The van der Waals surface area contributed by atoms with Gasteiger partial charge in [-0.1, -0.05) is 29.8 Å². The first-order valence-electron chi connectivity index (χ1n) is 8.91. The largest absolute Gasteiger partial charge is 0.391 e. The maximum absolute atomic E-state index is 9.82. The van der Waals surface area contributed by atoms with Crippen LogP contribution in [0.15, 0.2) is 36.5 Å². The first kappa shape index (κ1) is 16.8. The molecule has 2 saturated heterocycles. The molecule has 2 aliphatic rings. The number of hydrogen-bond acceptors (Lipinski definition) is 5. The molecule has 5 nitrogen and oxygen atoms in total. The van der Waals surface area contributed by atoms with Gasteiger partial charge < -0.3 is 15.3 Å². The summed E-state index contributed by atoms with van der Waals surface area (Å²) in [4.78, 5) is 11.4. The van der Waals surface area contributed by atoms with E-state index in [4.69, 9.17) is 16.6 Å². The van der Waals surface area contributed by atoms with E-state index in [1.807, 2.05) is 30.5 Å². The Labute approximate surface area is 153 Å². The van der Waals surface area contributed by atoms with Gasteiger partial charge >= 0.3 is 0 Å². The second-order valence-electron chi connectivity index (χ2n) is 6.94. The smallest absolute Gasteiger partial charge is 0.225 e. The van der Waals surface area contributed by atoms with Gasteiger partial charge in [-0.3, -0.25) is 0 Å². The van der Waals surface area contributed by atoms with Crippen molar-refractivity contribution >= 4 is 17.5 Å². The van der Waals surface area contributed by atoms with Gasteiger partial charge in [0.2, 0.25) is 5.95 Å². The molecular formula is C19H23ClN4O. The van der Waals surface area contributed by atoms with Crippen LogP contribution in [-0.4, -0.2) is 47.4 Å². The third kappa shape index (κ3) is 3.12. The Morgan fingerprint density at radius 2 is 2.00 bits per heavy atom. The minimum absolute atomic E-state index is 0.195. The molecule has 0 aliphatic carbocycles. The molecule has 0 spiro atoms. The lowest BCUT2D eigenvalue weighted by atomic mass is 9.70. The van der Waals surface area contributed by atoms with Crippen LogP contribution >= 0.6 is 11.6 Å². The summed E-state index contributed by atoms with van der Waals surface area (Å²) in [5, 5.41) is 14.1. The van der Waals surface area contributed by atoms with Crippen molar-refractivity contribution in [3.8, 4) is 0 Å². The summed E-state index contributed by atoms with van der Waals surface area (Å²) in [5.74, 6) is 0.707. The van der Waals surface area contributed by atoms with Crippen LogP contribution in [-0.2, 0) is 5.41 Å². The van der Waals surface area contributed by atoms with Crippen molar-refractivity contribution in [2.24, 2.45) is 0 Å². The number of anilines is 1. The summed E-state index contributed by atoms with van der Waals surface area (Å²) < 4.78 is 0. The molecule has 2 aromatic rings. The number of piperidine rings is 1. The second kappa shape index (κ2) is 6.90. The Morgan fingerprint density at radius 3 is 2.72 bits per heavy atom. The fraction of sp³-hybridized carbons (Fsp3) is 0.474. The molecule has 4 rings (SSSR count). The molecule has 25 heavy (non-hydrogen) atoms. The molecule has 1 atom stereocenters. The fourth-order valence-corrected chi connectivity index (χ4v) is 4.37. The van der Waals surface area contributed by atoms with Gasteiger partial charge in [0.15, 0.2) is 0 Å². The van der Waals surface area contributed by atoms with Crippen LogP contribution < -0.4 is 10.2 Å². The fourth-order valence-electron chi connectivity index (χ4n) is 4.06. The molecule has 3 heterocycles. The predicted molar refractivity (Wildman–Crippen MR) is 99.2 cm³/mol. The number of nitrogens with one attached hydrogen (secondary N) is 1. The van der Waals surface area contributed by atoms with Crippen molar-refractivity contribution in [1.29, 1.82) is 0 Å². The van der Waals surface area contributed by atoms with Gasteiger partial charge in [0, 0.05) is 29.7 Å². The van der Waals surface area contributed by atoms with Crippen molar-refractivity contribution in [2.75, 3.05) is 31.1 Å². The van der Waals surface area contributed by atoms with Crippen molar-refractivity contribution in [2.45, 2.75) is 30.8 Å². The van der Waals surface area contributed by atoms with E-state index in [-0.39, 0.29) is 11.5 Å². The number of β-amino-alcohol motifs (C(OH)–C–C–N with tert-alkyl or cyclic N) is 1. The van der Waals surface area contributed by atoms with E-state index in [9.17, 15) is 5.11 Å². The van der Waals surface area contributed by atoms with E-state index in [2.05, 4.69) is 21.3 Å². The molecule has 2 N–H and O–H groups in total. The van der Waals surface area contributed by atoms with E-state index >= 15 is 0 Å². The normalized spacial score (nSPS) is 23.0. The molecule has 1 aromatic carbocycles. The minimum Gasteiger partial charge on any atom is -0.391 e. The van der Waals surface area contributed by atoms with Gasteiger partial charge in [-0.2, -0.15) is 0 Å². The second-order valence-corrected chi connectivity index (χ2v) is 7.35. The molecule has 132 valence electrons. The average Bonchev–Trinajstić information content (AvgIpc) is 3.09. The minimum atomic E-state index is -0.288. The zero-order valence-corrected chi connectivity index (χ0v) is 14.9. The summed E-state index contributed by atoms with van der Waals surface area (Å²) >= 11 is 6.58. The first-order valence-corrected chi connectivity index (χ1v) is 9.29. The Bertz CT molecular complexity index is 748. The summed E-state index contributed by atoms with van der Waals surface area (Å²) in [7, 11) is 0. The van der Waals surface area contributed by atoms with E-state index in [1.54, 1.807) is 0 Å². The number of benzene rings is 1. The Kier molecular flexibility index (Phi) is 4.63. The van der Waals surface area contributed by atoms with E-state index in [0.717, 1.165) is 55.2 Å². The van der Waals surface area contributed by atoms with Gasteiger partial charge in [-0.25, -0.2) is 9.97 Å². The summed E-state index contributed by atoms with van der Waals surface area (Å²) in [6.07, 6.45) is 4.23. The lowest BCUT2D eigenvalue weighted by Crippen LogP contribution is -2.41. The van der Waals surface area contributed by atoms with Crippen LogP contribution in [0.2, 0.25) is 5.02 Å². The van der Waals surface area contributed by atoms with Crippen LogP contribution in [0.5, 0.6) is 0 Å². The molecule has 0 radical (unpaired) electrons. The quantitative estimate of drug-likeness (QED) is 0.882. The number of aliphatic hydroxyl groups excluding tert-OH is 1. The molecule has 0 amide bonds. The van der Waals surface area contributed by atoms with Crippen LogP contribution in [0, 0.1) is 0 Å². The van der Waals surface area contributed by atoms with Crippen LogP contribution in [0.3, 0.4) is 0 Å². The zero-order chi connectivity index (χ0) is 17.3. The van der Waals surface area contributed by atoms with Gasteiger partial charge in [-0.15, -0.1) is 0 Å². The molecule has 0 bridgehead atoms. The SMILES string of the molecule is OC1CCN(c2nccc(C3(c4ccccc4Cl)CCNCC3)n2)C1. The monoisotopic (exact) mass is 358 g/mol. The maximum atomic E-state index is 9.82. The van der Waals surface area contributed by atoms with Crippen LogP contribution in [0.1, 0.15) is 30.5 Å².